The largest absolute Gasteiger partial charge is 0.361 e. The van der Waals surface area contributed by atoms with Crippen molar-refractivity contribution in [1.82, 2.24) is 4.98 Å². The summed E-state index contributed by atoms with van der Waals surface area (Å²) < 4.78 is 0. The number of anilines is 2. The van der Waals surface area contributed by atoms with Gasteiger partial charge in [0, 0.05) is 31.9 Å². The quantitative estimate of drug-likeness (QED) is 0.813. The maximum absolute atomic E-state index is 4.54. The van der Waals surface area contributed by atoms with Crippen molar-refractivity contribution in [1.29, 1.82) is 0 Å². The third-order valence-corrected chi connectivity index (χ3v) is 4.28. The molecule has 1 aromatic rings. The van der Waals surface area contributed by atoms with Crippen LogP contribution in [0.4, 0.5) is 11.5 Å². The van der Waals surface area contributed by atoms with Crippen LogP contribution in [0.2, 0.25) is 0 Å². The average molecular weight is 247 g/mol. The Labute approximate surface area is 111 Å². The number of fused-ring (bicyclic) bond motifs is 1. The lowest BCUT2D eigenvalue weighted by molar-refractivity contribution is 0.371. The van der Waals surface area contributed by atoms with E-state index < -0.39 is 0 Å². The van der Waals surface area contributed by atoms with E-state index in [0.717, 1.165) is 18.9 Å². The Morgan fingerprint density at radius 2 is 2.11 bits per heavy atom. The van der Waals surface area contributed by atoms with E-state index in [4.69, 9.17) is 0 Å². The molecule has 0 amide bonds. The van der Waals surface area contributed by atoms with Gasteiger partial charge in [-0.1, -0.05) is 20.3 Å². The molecule has 18 heavy (non-hydrogen) atoms. The van der Waals surface area contributed by atoms with Gasteiger partial charge < -0.3 is 9.80 Å². The lowest BCUT2D eigenvalue weighted by Crippen LogP contribution is -2.52. The Hall–Kier alpha value is -1.25. The fourth-order valence-corrected chi connectivity index (χ4v) is 2.97. The summed E-state index contributed by atoms with van der Waals surface area (Å²) in [6, 6.07) is 4.26. The summed E-state index contributed by atoms with van der Waals surface area (Å²) in [6.07, 6.45) is 5.54. The van der Waals surface area contributed by atoms with Crippen LogP contribution in [-0.2, 0) is 0 Å². The number of likely N-dealkylation sites (N-methyl/N-ethyl adjacent to an activating group) is 1. The fourth-order valence-electron chi connectivity index (χ4n) is 2.97. The van der Waals surface area contributed by atoms with Crippen molar-refractivity contribution in [3.05, 3.63) is 18.3 Å². The highest BCUT2D eigenvalue weighted by Crippen LogP contribution is 2.37. The molecule has 1 atom stereocenters. The van der Waals surface area contributed by atoms with Crippen LogP contribution in [-0.4, -0.2) is 30.7 Å². The molecule has 0 saturated carbocycles. The van der Waals surface area contributed by atoms with Gasteiger partial charge in [0.05, 0.1) is 5.69 Å². The Kier molecular flexibility index (Phi) is 3.79. The normalized spacial score (nSPS) is 18.4. The zero-order chi connectivity index (χ0) is 13.2. The van der Waals surface area contributed by atoms with Crippen molar-refractivity contribution < 1.29 is 0 Å². The predicted molar refractivity (Wildman–Crippen MR) is 78.5 cm³/mol. The van der Waals surface area contributed by atoms with Crippen LogP contribution in [0.3, 0.4) is 0 Å². The number of aromatic nitrogens is 1. The second kappa shape index (κ2) is 5.17. The number of hydrogen-bond acceptors (Lipinski definition) is 3. The maximum atomic E-state index is 4.54. The maximum Gasteiger partial charge on any atom is 0.151 e. The van der Waals surface area contributed by atoms with E-state index in [2.05, 4.69) is 48.7 Å². The van der Waals surface area contributed by atoms with Crippen LogP contribution in [0.5, 0.6) is 0 Å². The van der Waals surface area contributed by atoms with Gasteiger partial charge in [0.25, 0.3) is 0 Å². The molecule has 0 bridgehead atoms. The Morgan fingerprint density at radius 3 is 2.78 bits per heavy atom. The van der Waals surface area contributed by atoms with Crippen molar-refractivity contribution in [2.75, 3.05) is 29.9 Å². The summed E-state index contributed by atoms with van der Waals surface area (Å²) in [7, 11) is 2.13. The standard InChI is InChI=1S/C15H25N3/c1-5-9-15(3,6-2)18-12-11-17(4)14-13(18)8-7-10-16-14/h7-8,10H,5-6,9,11-12H2,1-4H3. The first-order valence-electron chi connectivity index (χ1n) is 7.06. The molecule has 3 heteroatoms. The topological polar surface area (TPSA) is 19.4 Å². The molecule has 0 fully saturated rings. The van der Waals surface area contributed by atoms with E-state index in [0.29, 0.717) is 0 Å². The highest BCUT2D eigenvalue weighted by molar-refractivity contribution is 5.70. The smallest absolute Gasteiger partial charge is 0.151 e. The van der Waals surface area contributed by atoms with Gasteiger partial charge in [0.1, 0.15) is 0 Å². The molecule has 1 aliphatic rings. The molecule has 0 aromatic carbocycles. The van der Waals surface area contributed by atoms with Crippen molar-refractivity contribution >= 4 is 11.5 Å². The van der Waals surface area contributed by atoms with Crippen molar-refractivity contribution in [2.24, 2.45) is 0 Å². The second-order valence-corrected chi connectivity index (χ2v) is 5.52. The van der Waals surface area contributed by atoms with Gasteiger partial charge in [-0.3, -0.25) is 0 Å². The molecule has 3 nitrogen and oxygen atoms in total. The summed E-state index contributed by atoms with van der Waals surface area (Å²) in [5, 5.41) is 0. The van der Waals surface area contributed by atoms with E-state index in [1.54, 1.807) is 0 Å². The Bertz CT molecular complexity index is 404. The van der Waals surface area contributed by atoms with Gasteiger partial charge in [-0.15, -0.1) is 0 Å². The monoisotopic (exact) mass is 247 g/mol. The van der Waals surface area contributed by atoms with E-state index >= 15 is 0 Å². The molecule has 2 rings (SSSR count). The molecule has 1 aromatic heterocycles. The van der Waals surface area contributed by atoms with Gasteiger partial charge in [0.2, 0.25) is 0 Å². The number of pyridine rings is 1. The van der Waals surface area contributed by atoms with Crippen LogP contribution in [0.15, 0.2) is 18.3 Å². The number of rotatable bonds is 4. The summed E-state index contributed by atoms with van der Waals surface area (Å²) in [4.78, 5) is 9.37. The molecule has 1 unspecified atom stereocenters. The van der Waals surface area contributed by atoms with Crippen molar-refractivity contribution in [2.45, 2.75) is 45.6 Å². The number of nitrogens with zero attached hydrogens (tertiary/aromatic N) is 3. The molecule has 0 radical (unpaired) electrons. The van der Waals surface area contributed by atoms with Gasteiger partial charge in [0.15, 0.2) is 5.82 Å². The molecular weight excluding hydrogens is 222 g/mol. The van der Waals surface area contributed by atoms with Gasteiger partial charge in [-0.2, -0.15) is 0 Å². The lowest BCUT2D eigenvalue weighted by atomic mass is 9.89. The predicted octanol–water partition coefficient (Wildman–Crippen LogP) is 3.31. The third-order valence-electron chi connectivity index (χ3n) is 4.28. The number of hydrogen-bond donors (Lipinski definition) is 0. The summed E-state index contributed by atoms with van der Waals surface area (Å²) in [5.74, 6) is 1.12. The first-order valence-corrected chi connectivity index (χ1v) is 7.06. The van der Waals surface area contributed by atoms with Gasteiger partial charge in [-0.25, -0.2) is 4.98 Å². The summed E-state index contributed by atoms with van der Waals surface area (Å²) >= 11 is 0. The SMILES string of the molecule is CCCC(C)(CC)N1CCN(C)c2ncccc21. The van der Waals surface area contributed by atoms with Crippen molar-refractivity contribution in [3.63, 3.8) is 0 Å². The molecule has 100 valence electrons. The minimum Gasteiger partial charge on any atom is -0.361 e. The highest BCUT2D eigenvalue weighted by Gasteiger charge is 2.33. The fraction of sp³-hybridized carbons (Fsp3) is 0.667. The average Bonchev–Trinajstić information content (AvgIpc) is 2.39. The van der Waals surface area contributed by atoms with Crippen LogP contribution in [0.25, 0.3) is 0 Å². The molecule has 2 heterocycles. The third kappa shape index (κ3) is 2.18. The minimum absolute atomic E-state index is 0.258. The summed E-state index contributed by atoms with van der Waals surface area (Å²) in [6.45, 7) is 9.11. The van der Waals surface area contributed by atoms with E-state index in [9.17, 15) is 0 Å². The van der Waals surface area contributed by atoms with E-state index in [-0.39, 0.29) is 5.54 Å². The van der Waals surface area contributed by atoms with Gasteiger partial charge >= 0.3 is 0 Å². The summed E-state index contributed by atoms with van der Waals surface area (Å²) in [5.41, 5.74) is 1.55. The van der Waals surface area contributed by atoms with Gasteiger partial charge in [-0.05, 0) is 31.9 Å². The molecule has 0 saturated heterocycles. The van der Waals surface area contributed by atoms with Crippen LogP contribution < -0.4 is 9.80 Å². The first kappa shape index (κ1) is 13.2. The zero-order valence-electron chi connectivity index (χ0n) is 12.1. The van der Waals surface area contributed by atoms with Crippen molar-refractivity contribution in [3.8, 4) is 0 Å². The molecule has 0 aliphatic carbocycles. The van der Waals surface area contributed by atoms with E-state index in [1.165, 1.54) is 24.9 Å². The van der Waals surface area contributed by atoms with Crippen LogP contribution >= 0.6 is 0 Å². The minimum atomic E-state index is 0.258. The molecule has 0 spiro atoms. The molecular formula is C15H25N3. The second-order valence-electron chi connectivity index (χ2n) is 5.52. The van der Waals surface area contributed by atoms with Crippen LogP contribution in [0, 0.1) is 0 Å². The molecule has 0 N–H and O–H groups in total. The zero-order valence-corrected chi connectivity index (χ0v) is 12.1. The Balaban J connectivity index is 2.38. The highest BCUT2D eigenvalue weighted by atomic mass is 15.3. The molecule has 1 aliphatic heterocycles. The van der Waals surface area contributed by atoms with Crippen LogP contribution in [0.1, 0.15) is 40.0 Å². The first-order chi connectivity index (χ1) is 8.62. The lowest BCUT2D eigenvalue weighted by Gasteiger charge is -2.47. The van der Waals surface area contributed by atoms with E-state index in [1.807, 2.05) is 12.3 Å². The Morgan fingerprint density at radius 1 is 1.33 bits per heavy atom.